The molecule has 4 heteroatoms. The monoisotopic (exact) mass is 295 g/mol. The second-order valence-corrected chi connectivity index (χ2v) is 5.36. The Morgan fingerprint density at radius 3 is 2.60 bits per heavy atom. The van der Waals surface area contributed by atoms with E-state index in [1.54, 1.807) is 0 Å². The normalized spacial score (nSPS) is 22.1. The quantitative estimate of drug-likeness (QED) is 0.641. The highest BCUT2D eigenvalue weighted by Crippen LogP contribution is 2.11. The lowest BCUT2D eigenvalue weighted by Crippen LogP contribution is -3.13. The molecule has 3 nitrogen and oxygen atoms in total. The first-order valence-electron chi connectivity index (χ1n) is 7.13. The zero-order valence-corrected chi connectivity index (χ0v) is 12.7. The van der Waals surface area contributed by atoms with Gasteiger partial charge in [-0.3, -0.25) is 9.59 Å². The number of piperidine rings is 1. The van der Waals surface area contributed by atoms with Gasteiger partial charge in [-0.15, -0.1) is 0 Å². The fraction of sp³-hybridized carbons (Fsp3) is 0.500. The van der Waals surface area contributed by atoms with Crippen LogP contribution < -0.4 is 17.3 Å². The summed E-state index contributed by atoms with van der Waals surface area (Å²) >= 11 is 0. The molecule has 0 spiro atoms. The Morgan fingerprint density at radius 1 is 1.30 bits per heavy atom. The van der Waals surface area contributed by atoms with E-state index < -0.39 is 0 Å². The van der Waals surface area contributed by atoms with Gasteiger partial charge in [0.15, 0.2) is 5.78 Å². The summed E-state index contributed by atoms with van der Waals surface area (Å²) in [6.07, 6.45) is 2.10. The Labute approximate surface area is 126 Å². The minimum Gasteiger partial charge on any atom is -1.00 e. The molecule has 1 aromatic carbocycles. The highest BCUT2D eigenvalue weighted by Gasteiger charge is 2.34. The van der Waals surface area contributed by atoms with Gasteiger partial charge in [-0.2, -0.15) is 0 Å². The van der Waals surface area contributed by atoms with E-state index in [-0.39, 0.29) is 29.9 Å². The van der Waals surface area contributed by atoms with Crippen LogP contribution in [0.1, 0.15) is 31.7 Å². The number of carbonyl (C=O) groups excluding carboxylic acids is 2. The second kappa shape index (κ2) is 8.18. The largest absolute Gasteiger partial charge is 1.00 e. The molecule has 0 amide bonds. The van der Waals surface area contributed by atoms with Crippen LogP contribution >= 0.6 is 0 Å². The Balaban J connectivity index is 0.00000200. The average molecular weight is 296 g/mol. The van der Waals surface area contributed by atoms with Gasteiger partial charge in [0.05, 0.1) is 12.5 Å². The number of quaternary nitrogens is 1. The summed E-state index contributed by atoms with van der Waals surface area (Å²) in [5, 5.41) is 0. The molecule has 2 atom stereocenters. The van der Waals surface area contributed by atoms with E-state index in [0.717, 1.165) is 25.9 Å². The third-order valence-electron chi connectivity index (χ3n) is 3.78. The Bertz CT molecular complexity index is 447. The van der Waals surface area contributed by atoms with Crippen molar-refractivity contribution in [1.29, 1.82) is 0 Å². The van der Waals surface area contributed by atoms with Gasteiger partial charge < -0.3 is 17.3 Å². The minimum absolute atomic E-state index is 0. The predicted octanol–water partition coefficient (Wildman–Crippen LogP) is -1.97. The predicted molar refractivity (Wildman–Crippen MR) is 73.9 cm³/mol. The first-order chi connectivity index (χ1) is 9.20. The van der Waals surface area contributed by atoms with Crippen LogP contribution in [0.25, 0.3) is 0 Å². The number of likely N-dealkylation sites (tertiary alicyclic amines) is 1. The molecule has 2 unspecified atom stereocenters. The van der Waals surface area contributed by atoms with Crippen LogP contribution in [-0.2, 0) is 16.1 Å². The number of ketones is 2. The van der Waals surface area contributed by atoms with E-state index in [9.17, 15) is 9.59 Å². The summed E-state index contributed by atoms with van der Waals surface area (Å²) in [5.41, 5.74) is 1.25. The average Bonchev–Trinajstić information content (AvgIpc) is 2.40. The van der Waals surface area contributed by atoms with Crippen molar-refractivity contribution in [3.05, 3.63) is 35.9 Å². The maximum absolute atomic E-state index is 12.1. The number of nitrogens with one attached hydrogen (secondary N) is 1. The molecule has 0 aromatic heterocycles. The van der Waals surface area contributed by atoms with Crippen molar-refractivity contribution < 1.29 is 26.9 Å². The van der Waals surface area contributed by atoms with E-state index in [1.807, 2.05) is 25.1 Å². The number of halogens is 1. The molecule has 1 aliphatic heterocycles. The Kier molecular flexibility index (Phi) is 6.89. The smallest absolute Gasteiger partial charge is 0.197 e. The molecule has 0 aliphatic carbocycles. The number of Topliss-reactive ketones (excluding diaryl/α,β-unsaturated/α-hetero) is 2. The molecular weight excluding hydrogens is 274 g/mol. The summed E-state index contributed by atoms with van der Waals surface area (Å²) in [7, 11) is 0. The summed E-state index contributed by atoms with van der Waals surface area (Å²) in [6.45, 7) is 4.27. The molecule has 0 bridgehead atoms. The lowest BCUT2D eigenvalue weighted by Gasteiger charge is -2.27. The first-order valence-corrected chi connectivity index (χ1v) is 7.13. The van der Waals surface area contributed by atoms with E-state index in [4.69, 9.17) is 0 Å². The molecule has 1 N–H and O–H groups in total. The van der Waals surface area contributed by atoms with Crippen LogP contribution in [0.3, 0.4) is 0 Å². The van der Waals surface area contributed by atoms with Gasteiger partial charge in [-0.1, -0.05) is 37.3 Å². The summed E-state index contributed by atoms with van der Waals surface area (Å²) in [6, 6.07) is 10.2. The van der Waals surface area contributed by atoms with Crippen LogP contribution in [0, 0.1) is 5.92 Å². The van der Waals surface area contributed by atoms with Crippen LogP contribution in [-0.4, -0.2) is 24.7 Å². The van der Waals surface area contributed by atoms with Gasteiger partial charge in [-0.25, -0.2) is 0 Å². The molecule has 1 aliphatic rings. The lowest BCUT2D eigenvalue weighted by molar-refractivity contribution is -0.909. The van der Waals surface area contributed by atoms with E-state index in [1.165, 1.54) is 10.5 Å². The summed E-state index contributed by atoms with van der Waals surface area (Å²) in [4.78, 5) is 25.2. The minimum atomic E-state index is -0.320. The van der Waals surface area contributed by atoms with Crippen LogP contribution in [0.5, 0.6) is 0 Å². The summed E-state index contributed by atoms with van der Waals surface area (Å²) in [5.74, 6) is -0.0404. The first kappa shape index (κ1) is 16.9. The van der Waals surface area contributed by atoms with Gasteiger partial charge in [0.1, 0.15) is 18.9 Å². The lowest BCUT2D eigenvalue weighted by atomic mass is 9.89. The molecule has 1 saturated heterocycles. The maximum atomic E-state index is 12.1. The number of hydrogen-bond acceptors (Lipinski definition) is 2. The molecule has 1 aromatic rings. The number of carbonyl (C=O) groups is 2. The third-order valence-corrected chi connectivity index (χ3v) is 3.78. The standard InChI is InChI=1S/C16H21NO2.ClH/c1-2-6-15(18)14-9-10-17(12-16(14)19)11-13-7-4-3-5-8-13;/h3-5,7-8,14H,2,6,9-12H2,1H3;1H. The third kappa shape index (κ3) is 4.43. The van der Waals surface area contributed by atoms with Crippen LogP contribution in [0.4, 0.5) is 0 Å². The number of benzene rings is 1. The Hall–Kier alpha value is -1.19. The van der Waals surface area contributed by atoms with E-state index in [2.05, 4.69) is 12.1 Å². The van der Waals surface area contributed by atoms with Crippen molar-refractivity contribution in [2.24, 2.45) is 5.92 Å². The number of hydrogen-bond donors (Lipinski definition) is 1. The molecule has 0 radical (unpaired) electrons. The molecule has 0 saturated carbocycles. The molecule has 2 rings (SSSR count). The highest BCUT2D eigenvalue weighted by molar-refractivity contribution is 6.03. The van der Waals surface area contributed by atoms with Crippen molar-refractivity contribution in [3.8, 4) is 0 Å². The fourth-order valence-corrected chi connectivity index (χ4v) is 2.76. The zero-order chi connectivity index (χ0) is 13.7. The Morgan fingerprint density at radius 2 is 2.00 bits per heavy atom. The molecule has 20 heavy (non-hydrogen) atoms. The van der Waals surface area contributed by atoms with Gasteiger partial charge >= 0.3 is 0 Å². The van der Waals surface area contributed by atoms with Gasteiger partial charge in [0, 0.05) is 18.4 Å². The molecule has 110 valence electrons. The van der Waals surface area contributed by atoms with E-state index in [0.29, 0.717) is 13.0 Å². The van der Waals surface area contributed by atoms with E-state index >= 15 is 0 Å². The molecular formula is C16H22ClNO2. The molecule has 1 fully saturated rings. The van der Waals surface area contributed by atoms with Gasteiger partial charge in [0.2, 0.25) is 0 Å². The van der Waals surface area contributed by atoms with Gasteiger partial charge in [0.25, 0.3) is 0 Å². The van der Waals surface area contributed by atoms with Crippen molar-refractivity contribution in [2.45, 2.75) is 32.7 Å². The van der Waals surface area contributed by atoms with Crippen molar-refractivity contribution in [1.82, 2.24) is 0 Å². The number of rotatable bonds is 5. The molecule has 1 heterocycles. The maximum Gasteiger partial charge on any atom is 0.197 e. The van der Waals surface area contributed by atoms with Crippen LogP contribution in [0.2, 0.25) is 0 Å². The van der Waals surface area contributed by atoms with Crippen molar-refractivity contribution in [3.63, 3.8) is 0 Å². The highest BCUT2D eigenvalue weighted by atomic mass is 35.5. The van der Waals surface area contributed by atoms with Crippen molar-refractivity contribution >= 4 is 11.6 Å². The van der Waals surface area contributed by atoms with Crippen LogP contribution in [0.15, 0.2) is 30.3 Å². The second-order valence-electron chi connectivity index (χ2n) is 5.36. The zero-order valence-electron chi connectivity index (χ0n) is 11.9. The topological polar surface area (TPSA) is 38.6 Å². The SMILES string of the molecule is CCCC(=O)C1CC[NH+](Cc2ccccc2)CC1=O.[Cl-]. The van der Waals surface area contributed by atoms with Gasteiger partial charge in [-0.05, 0) is 6.42 Å². The fourth-order valence-electron chi connectivity index (χ4n) is 2.76. The van der Waals surface area contributed by atoms with Crippen molar-refractivity contribution in [2.75, 3.05) is 13.1 Å². The summed E-state index contributed by atoms with van der Waals surface area (Å²) < 4.78 is 0.